The summed E-state index contributed by atoms with van der Waals surface area (Å²) in [6, 6.07) is 32.8. The van der Waals surface area contributed by atoms with Crippen molar-refractivity contribution in [2.45, 2.75) is 20.0 Å². The Morgan fingerprint density at radius 1 is 0.655 bits per heavy atom. The first kappa shape index (κ1) is 21.4. The van der Waals surface area contributed by atoms with Crippen LogP contribution in [0.3, 0.4) is 0 Å². The molecule has 0 amide bonds. The number of aryl methyl sites for hydroxylation is 2. The van der Waals surface area contributed by atoms with Gasteiger partial charge in [0, 0.05) is 17.5 Å². The lowest BCUT2D eigenvalue weighted by molar-refractivity contribution is -0.00000584. The van der Waals surface area contributed by atoms with Gasteiger partial charge in [-0.15, -0.1) is 0 Å². The van der Waals surface area contributed by atoms with Crippen molar-refractivity contribution in [3.05, 3.63) is 114 Å². The molecule has 0 aliphatic rings. The first-order valence-corrected chi connectivity index (χ1v) is 11.5. The molecular weight excluding hydrogens is 439 g/mol. The molecule has 4 aromatic rings. The molecule has 0 spiro atoms. The van der Waals surface area contributed by atoms with E-state index in [1.54, 1.807) is 0 Å². The molecule has 0 aliphatic heterocycles. The average Bonchev–Trinajstić information content (AvgIpc) is 2.75. The number of aromatic nitrogens is 2. The van der Waals surface area contributed by atoms with E-state index in [9.17, 15) is 0 Å². The van der Waals surface area contributed by atoms with Gasteiger partial charge in [0.25, 0.3) is 0 Å². The highest BCUT2D eigenvalue weighted by molar-refractivity contribution is 7.95. The maximum atomic E-state index is 4.65. The van der Waals surface area contributed by atoms with E-state index in [4.69, 9.17) is 0 Å². The summed E-state index contributed by atoms with van der Waals surface area (Å²) in [7, 11) is -1.90. The fraction of sp³-hybridized carbons (Fsp3) is 0.120. The third kappa shape index (κ3) is 4.32. The van der Waals surface area contributed by atoms with Crippen LogP contribution in [0.1, 0.15) is 17.1 Å². The van der Waals surface area contributed by atoms with Crippen molar-refractivity contribution >= 4 is 23.2 Å². The molecule has 0 bridgehead atoms. The van der Waals surface area contributed by atoms with E-state index in [2.05, 4.69) is 108 Å². The van der Waals surface area contributed by atoms with Crippen LogP contribution < -0.4 is 32.9 Å². The molecule has 3 aromatic carbocycles. The highest BCUT2D eigenvalue weighted by atomic mass is 79.9. The van der Waals surface area contributed by atoms with Gasteiger partial charge in [-0.3, -0.25) is 0 Å². The zero-order valence-corrected chi connectivity index (χ0v) is 19.1. The van der Waals surface area contributed by atoms with E-state index in [1.165, 1.54) is 21.5 Å². The van der Waals surface area contributed by atoms with Gasteiger partial charge in [-0.1, -0.05) is 54.6 Å². The fourth-order valence-corrected chi connectivity index (χ4v) is 8.09. The van der Waals surface area contributed by atoms with Crippen LogP contribution in [0.2, 0.25) is 0 Å². The van der Waals surface area contributed by atoms with Crippen molar-refractivity contribution in [2.75, 3.05) is 0 Å². The van der Waals surface area contributed by atoms with Gasteiger partial charge in [-0.25, -0.2) is 9.97 Å². The fourth-order valence-electron chi connectivity index (χ4n) is 3.79. The van der Waals surface area contributed by atoms with Crippen LogP contribution in [0.25, 0.3) is 0 Å². The van der Waals surface area contributed by atoms with E-state index in [0.29, 0.717) is 0 Å². The van der Waals surface area contributed by atoms with Gasteiger partial charge in [0.05, 0.1) is 0 Å². The summed E-state index contributed by atoms with van der Waals surface area (Å²) in [5, 5.41) is 4.15. The minimum absolute atomic E-state index is 0. The Hall–Kier alpha value is -2.35. The topological polar surface area (TPSA) is 25.8 Å². The average molecular weight is 463 g/mol. The van der Waals surface area contributed by atoms with Crippen molar-refractivity contribution in [1.82, 2.24) is 9.97 Å². The summed E-state index contributed by atoms with van der Waals surface area (Å²) >= 11 is 0. The molecule has 0 fully saturated rings. The smallest absolute Gasteiger partial charge is 0.125 e. The molecule has 0 atom stereocenters. The summed E-state index contributed by atoms with van der Waals surface area (Å²) in [6.07, 6.45) is 2.93. The molecule has 0 N–H and O–H groups in total. The van der Waals surface area contributed by atoms with Crippen LogP contribution in [0.15, 0.2) is 97.2 Å². The molecular formula is C25H24BrN2P. The van der Waals surface area contributed by atoms with E-state index in [1.807, 2.05) is 13.1 Å². The standard InChI is InChI=1S/C25H24N2P.BrH/c1-20-22(18-26-21(2)27-20)19-28(23-12-6-3-7-13-23,24-14-8-4-9-15-24)25-16-10-5-11-17-25;/h3-18H,19H2,1-2H3;1H/q+1;/p-1. The second kappa shape index (κ2) is 9.43. The van der Waals surface area contributed by atoms with Crippen LogP contribution in [-0.4, -0.2) is 9.97 Å². The summed E-state index contributed by atoms with van der Waals surface area (Å²) in [4.78, 5) is 9.16. The third-order valence-electron chi connectivity index (χ3n) is 5.20. The monoisotopic (exact) mass is 462 g/mol. The quantitative estimate of drug-likeness (QED) is 0.421. The molecule has 146 valence electrons. The SMILES string of the molecule is Cc1ncc(C[P+](c2ccccc2)(c2ccccc2)c2ccccc2)c(C)n1.[Br-]. The molecule has 4 rings (SSSR count). The van der Waals surface area contributed by atoms with Crippen LogP contribution in [0, 0.1) is 13.8 Å². The summed E-state index contributed by atoms with van der Waals surface area (Å²) in [5.41, 5.74) is 2.29. The molecule has 29 heavy (non-hydrogen) atoms. The molecule has 0 saturated heterocycles. The van der Waals surface area contributed by atoms with Crippen molar-refractivity contribution < 1.29 is 17.0 Å². The lowest BCUT2D eigenvalue weighted by Gasteiger charge is -2.28. The number of halogens is 1. The molecule has 0 unspecified atom stereocenters. The molecule has 1 aromatic heterocycles. The van der Waals surface area contributed by atoms with E-state index >= 15 is 0 Å². The van der Waals surface area contributed by atoms with Crippen LogP contribution in [0.4, 0.5) is 0 Å². The molecule has 4 heteroatoms. The molecule has 2 nitrogen and oxygen atoms in total. The predicted molar refractivity (Wildman–Crippen MR) is 120 cm³/mol. The van der Waals surface area contributed by atoms with Gasteiger partial charge in [0.2, 0.25) is 0 Å². The number of rotatable bonds is 5. The maximum absolute atomic E-state index is 4.65. The van der Waals surface area contributed by atoms with Crippen molar-refractivity contribution in [3.8, 4) is 0 Å². The van der Waals surface area contributed by atoms with Gasteiger partial charge in [-0.2, -0.15) is 0 Å². The van der Waals surface area contributed by atoms with Crippen LogP contribution in [-0.2, 0) is 6.16 Å². The number of hydrogen-bond donors (Lipinski definition) is 0. The summed E-state index contributed by atoms with van der Waals surface area (Å²) < 4.78 is 0. The third-order valence-corrected chi connectivity index (χ3v) is 9.55. The summed E-state index contributed by atoms with van der Waals surface area (Å²) in [5.74, 6) is 0.823. The highest BCUT2D eigenvalue weighted by Crippen LogP contribution is 2.58. The summed E-state index contributed by atoms with van der Waals surface area (Å²) in [6.45, 7) is 4.05. The normalized spacial score (nSPS) is 11.0. The minimum Gasteiger partial charge on any atom is -1.00 e. The van der Waals surface area contributed by atoms with Crippen LogP contribution in [0.5, 0.6) is 0 Å². The van der Waals surface area contributed by atoms with Gasteiger partial charge in [-0.05, 0) is 50.2 Å². The second-order valence-electron chi connectivity index (χ2n) is 7.00. The van der Waals surface area contributed by atoms with Gasteiger partial charge in [0.15, 0.2) is 0 Å². The lowest BCUT2D eigenvalue weighted by atomic mass is 10.3. The van der Waals surface area contributed by atoms with Crippen LogP contribution >= 0.6 is 7.26 Å². The highest BCUT2D eigenvalue weighted by Gasteiger charge is 2.45. The largest absolute Gasteiger partial charge is 1.00 e. The van der Waals surface area contributed by atoms with E-state index in [-0.39, 0.29) is 17.0 Å². The van der Waals surface area contributed by atoms with Crippen molar-refractivity contribution in [1.29, 1.82) is 0 Å². The Morgan fingerprint density at radius 3 is 1.45 bits per heavy atom. The number of hydrogen-bond acceptors (Lipinski definition) is 2. The molecule has 1 heterocycles. The molecule has 0 aliphatic carbocycles. The van der Waals surface area contributed by atoms with Crippen molar-refractivity contribution in [3.63, 3.8) is 0 Å². The Balaban J connectivity index is 0.00000240. The predicted octanol–water partition coefficient (Wildman–Crippen LogP) is 1.59. The molecule has 0 radical (unpaired) electrons. The zero-order chi connectivity index (χ0) is 19.4. The first-order chi connectivity index (χ1) is 13.7. The second-order valence-corrected chi connectivity index (χ2v) is 10.5. The number of benzene rings is 3. The first-order valence-electron chi connectivity index (χ1n) is 9.54. The van der Waals surface area contributed by atoms with Gasteiger partial charge in [0.1, 0.15) is 35.2 Å². The Labute approximate surface area is 184 Å². The van der Waals surface area contributed by atoms with Gasteiger partial charge >= 0.3 is 0 Å². The van der Waals surface area contributed by atoms with E-state index < -0.39 is 7.26 Å². The Morgan fingerprint density at radius 2 is 1.07 bits per heavy atom. The zero-order valence-electron chi connectivity index (χ0n) is 16.7. The van der Waals surface area contributed by atoms with E-state index in [0.717, 1.165) is 17.7 Å². The Bertz CT molecular complexity index is 957. The lowest BCUT2D eigenvalue weighted by Crippen LogP contribution is -3.00. The molecule has 0 saturated carbocycles. The van der Waals surface area contributed by atoms with Crippen molar-refractivity contribution in [2.24, 2.45) is 0 Å². The maximum Gasteiger partial charge on any atom is 0.125 e. The van der Waals surface area contributed by atoms with Gasteiger partial charge < -0.3 is 17.0 Å². The number of nitrogens with zero attached hydrogens (tertiary/aromatic N) is 2. The minimum atomic E-state index is -1.90. The Kier molecular flexibility index (Phi) is 6.95.